The molecule has 1 aromatic rings. The maximum Gasteiger partial charge on any atom is 0.329 e. The van der Waals surface area contributed by atoms with Crippen LogP contribution in [0.25, 0.3) is 0 Å². The lowest BCUT2D eigenvalue weighted by atomic mass is 9.99. The van der Waals surface area contributed by atoms with Gasteiger partial charge < -0.3 is 20.1 Å². The minimum Gasteiger partial charge on any atom is -0.459 e. The molecule has 0 aromatic heterocycles. The van der Waals surface area contributed by atoms with Crippen molar-refractivity contribution in [2.45, 2.75) is 58.1 Å². The fraction of sp³-hybridized carbons (Fsp3) is 0.524. The Morgan fingerprint density at radius 2 is 1.63 bits per heavy atom. The number of cyclic esters (lactones) is 1. The molecule has 2 N–H and O–H groups in total. The first kappa shape index (κ1) is 23.8. The molecule has 2 rings (SSSR count). The van der Waals surface area contributed by atoms with Crippen molar-refractivity contribution in [3.8, 4) is 0 Å². The van der Waals surface area contributed by atoms with E-state index >= 15 is 0 Å². The van der Waals surface area contributed by atoms with Crippen LogP contribution in [-0.4, -0.2) is 47.6 Å². The summed E-state index contributed by atoms with van der Waals surface area (Å²) in [5, 5.41) is 5.31. The van der Waals surface area contributed by atoms with Gasteiger partial charge in [0.2, 0.25) is 5.91 Å². The molecule has 1 aliphatic heterocycles. The van der Waals surface area contributed by atoms with Gasteiger partial charge in [-0.3, -0.25) is 14.4 Å². The zero-order valence-electron chi connectivity index (χ0n) is 17.6. The normalized spacial score (nSPS) is 20.0. The number of hydrogen-bond acceptors (Lipinski definition) is 6. The Morgan fingerprint density at radius 1 is 1.03 bits per heavy atom. The number of hydrogen-bond donors (Lipinski definition) is 2. The fourth-order valence-electron chi connectivity index (χ4n) is 2.87. The number of nitrogens with one attached hydrogen (secondary N) is 2. The van der Waals surface area contributed by atoms with E-state index in [-0.39, 0.29) is 18.4 Å². The zero-order chi connectivity index (χ0) is 22.4. The van der Waals surface area contributed by atoms with E-state index in [1.807, 2.05) is 30.3 Å². The molecule has 30 heavy (non-hydrogen) atoms. The average Bonchev–Trinajstić information content (AvgIpc) is 2.71. The number of esters is 2. The van der Waals surface area contributed by atoms with Crippen LogP contribution >= 0.6 is 9.24 Å². The topological polar surface area (TPSA) is 111 Å². The number of carbonyl (C=O) groups excluding carboxylic acids is 4. The van der Waals surface area contributed by atoms with Gasteiger partial charge in [0, 0.05) is 0 Å². The SMILES string of the molecule is CC(C)C(NC(=O)[C@@H]1OC(=O)[C@H]1P)C(=O)N[C@H](C(=O)OCc1ccccc1)C(C)C. The Labute approximate surface area is 178 Å². The second-order valence-electron chi connectivity index (χ2n) is 7.94. The Bertz CT molecular complexity index is 783. The molecule has 164 valence electrons. The van der Waals surface area contributed by atoms with Gasteiger partial charge in [0.05, 0.1) is 0 Å². The Kier molecular flexibility index (Phi) is 8.35. The monoisotopic (exact) mass is 436 g/mol. The highest BCUT2D eigenvalue weighted by molar-refractivity contribution is 7.20. The predicted octanol–water partition coefficient (Wildman–Crippen LogP) is 1.18. The molecule has 1 fully saturated rings. The van der Waals surface area contributed by atoms with Gasteiger partial charge in [-0.05, 0) is 17.4 Å². The molecular weight excluding hydrogens is 407 g/mol. The molecule has 0 bridgehead atoms. The van der Waals surface area contributed by atoms with Gasteiger partial charge in [-0.25, -0.2) is 4.79 Å². The summed E-state index contributed by atoms with van der Waals surface area (Å²) in [6.07, 6.45) is -0.937. The van der Waals surface area contributed by atoms with Crippen LogP contribution in [0, 0.1) is 11.8 Å². The van der Waals surface area contributed by atoms with Crippen LogP contribution < -0.4 is 10.6 Å². The van der Waals surface area contributed by atoms with E-state index < -0.39 is 47.6 Å². The van der Waals surface area contributed by atoms with Gasteiger partial charge in [0.25, 0.3) is 5.91 Å². The Balaban J connectivity index is 1.98. The number of benzene rings is 1. The smallest absolute Gasteiger partial charge is 0.329 e. The minimum absolute atomic E-state index is 0.103. The van der Waals surface area contributed by atoms with E-state index in [1.165, 1.54) is 0 Å². The second kappa shape index (κ2) is 10.5. The van der Waals surface area contributed by atoms with Crippen molar-refractivity contribution in [3.63, 3.8) is 0 Å². The molecule has 1 saturated heterocycles. The van der Waals surface area contributed by atoms with E-state index in [1.54, 1.807) is 27.7 Å². The highest BCUT2D eigenvalue weighted by Gasteiger charge is 2.45. The molecule has 2 amide bonds. The number of rotatable bonds is 9. The quantitative estimate of drug-likeness (QED) is 0.444. The van der Waals surface area contributed by atoms with E-state index in [0.717, 1.165) is 5.56 Å². The molecule has 0 aliphatic carbocycles. The number of amides is 2. The number of carbonyl (C=O) groups is 4. The molecule has 2 unspecified atom stereocenters. The van der Waals surface area contributed by atoms with Gasteiger partial charge in [-0.2, -0.15) is 0 Å². The van der Waals surface area contributed by atoms with Gasteiger partial charge in [0.1, 0.15) is 24.3 Å². The lowest BCUT2D eigenvalue weighted by Gasteiger charge is -2.33. The van der Waals surface area contributed by atoms with Gasteiger partial charge >= 0.3 is 11.9 Å². The molecule has 1 aliphatic rings. The van der Waals surface area contributed by atoms with Crippen molar-refractivity contribution in [2.24, 2.45) is 11.8 Å². The summed E-state index contributed by atoms with van der Waals surface area (Å²) in [5.74, 6) is -2.54. The average molecular weight is 436 g/mol. The predicted molar refractivity (Wildman–Crippen MR) is 113 cm³/mol. The molecule has 0 spiro atoms. The Morgan fingerprint density at radius 3 is 2.13 bits per heavy atom. The maximum atomic E-state index is 12.8. The third-order valence-corrected chi connectivity index (χ3v) is 5.41. The summed E-state index contributed by atoms with van der Waals surface area (Å²) in [6, 6.07) is 7.49. The number of ether oxygens (including phenoxy) is 2. The van der Waals surface area contributed by atoms with Crippen LogP contribution in [0.2, 0.25) is 0 Å². The van der Waals surface area contributed by atoms with Crippen molar-refractivity contribution < 1.29 is 28.7 Å². The summed E-state index contributed by atoms with van der Waals surface area (Å²) >= 11 is 0. The summed E-state index contributed by atoms with van der Waals surface area (Å²) in [5.41, 5.74) is 0.214. The second-order valence-corrected chi connectivity index (χ2v) is 8.66. The van der Waals surface area contributed by atoms with Crippen molar-refractivity contribution in [2.75, 3.05) is 0 Å². The molecule has 8 nitrogen and oxygen atoms in total. The van der Waals surface area contributed by atoms with Gasteiger partial charge in [-0.1, -0.05) is 58.0 Å². The van der Waals surface area contributed by atoms with Crippen LogP contribution in [-0.2, 0) is 35.3 Å². The standard InChI is InChI=1S/C21H29N2O6P/c1-11(2)14(22-19(25)16-17(30)21(27)29-16)18(24)23-15(12(3)4)20(26)28-10-13-8-6-5-7-9-13/h5-9,11-12,14-17H,10,30H2,1-4H3,(H,22,25)(H,23,24)/t14?,15-,16+,17-/m0/s1. The summed E-state index contributed by atoms with van der Waals surface area (Å²) in [7, 11) is 2.25. The maximum absolute atomic E-state index is 12.8. The van der Waals surface area contributed by atoms with Crippen LogP contribution in [0.4, 0.5) is 0 Å². The summed E-state index contributed by atoms with van der Waals surface area (Å²) in [6.45, 7) is 7.24. The van der Waals surface area contributed by atoms with E-state index in [2.05, 4.69) is 19.9 Å². The molecule has 0 saturated carbocycles. The fourth-order valence-corrected chi connectivity index (χ4v) is 3.21. The van der Waals surface area contributed by atoms with Crippen LogP contribution in [0.3, 0.4) is 0 Å². The van der Waals surface area contributed by atoms with Crippen LogP contribution in [0.5, 0.6) is 0 Å². The minimum atomic E-state index is -0.937. The van der Waals surface area contributed by atoms with Gasteiger partial charge in [0.15, 0.2) is 6.10 Å². The first-order valence-corrected chi connectivity index (χ1v) is 10.6. The zero-order valence-corrected chi connectivity index (χ0v) is 18.7. The van der Waals surface area contributed by atoms with Crippen LogP contribution in [0.15, 0.2) is 30.3 Å². The third-order valence-electron chi connectivity index (χ3n) is 4.79. The molecule has 5 atom stereocenters. The molecular formula is C21H29N2O6P. The van der Waals surface area contributed by atoms with Gasteiger partial charge in [-0.15, -0.1) is 9.24 Å². The summed E-state index contributed by atoms with van der Waals surface area (Å²) in [4.78, 5) is 49.0. The lowest BCUT2D eigenvalue weighted by molar-refractivity contribution is -0.173. The Hall–Kier alpha value is -2.47. The molecule has 9 heteroatoms. The largest absolute Gasteiger partial charge is 0.459 e. The third kappa shape index (κ3) is 6.02. The van der Waals surface area contributed by atoms with E-state index in [0.29, 0.717) is 0 Å². The summed E-state index contributed by atoms with van der Waals surface area (Å²) < 4.78 is 10.2. The first-order chi connectivity index (χ1) is 14.1. The van der Waals surface area contributed by atoms with Crippen molar-refractivity contribution in [1.82, 2.24) is 10.6 Å². The van der Waals surface area contributed by atoms with E-state index in [9.17, 15) is 19.2 Å². The highest BCUT2D eigenvalue weighted by atomic mass is 31.0. The van der Waals surface area contributed by atoms with Crippen LogP contribution in [0.1, 0.15) is 33.3 Å². The van der Waals surface area contributed by atoms with Crippen molar-refractivity contribution in [1.29, 1.82) is 0 Å². The van der Waals surface area contributed by atoms with E-state index in [4.69, 9.17) is 9.47 Å². The van der Waals surface area contributed by atoms with Crippen molar-refractivity contribution >= 4 is 33.0 Å². The first-order valence-electron chi connectivity index (χ1n) is 9.89. The molecule has 1 aromatic carbocycles. The molecule has 1 heterocycles. The van der Waals surface area contributed by atoms with Crippen molar-refractivity contribution in [3.05, 3.63) is 35.9 Å². The highest BCUT2D eigenvalue weighted by Crippen LogP contribution is 2.23. The molecule has 0 radical (unpaired) electrons. The lowest BCUT2D eigenvalue weighted by Crippen LogP contribution is -2.61.